The van der Waals surface area contributed by atoms with Gasteiger partial charge in [0.1, 0.15) is 5.75 Å². The lowest BCUT2D eigenvalue weighted by Gasteiger charge is -2.12. The zero-order valence-electron chi connectivity index (χ0n) is 30.3. The highest BCUT2D eigenvalue weighted by atomic mass is 16.6. The average molecular weight is 715 g/mol. The summed E-state index contributed by atoms with van der Waals surface area (Å²) in [5.74, 6) is 1.57. The molecule has 0 unspecified atom stereocenters. The molecule has 0 spiro atoms. The molecular weight excluding hydrogens is 673 g/mol. The van der Waals surface area contributed by atoms with Crippen molar-refractivity contribution in [1.29, 1.82) is 0 Å². The van der Waals surface area contributed by atoms with E-state index >= 15 is 0 Å². The van der Waals surface area contributed by atoms with Crippen LogP contribution in [0.4, 0.5) is 9.59 Å². The first-order valence-corrected chi connectivity index (χ1v) is 17.9. The summed E-state index contributed by atoms with van der Waals surface area (Å²) in [6, 6.07) is 55.6. The molecule has 2 amide bonds. The van der Waals surface area contributed by atoms with Crippen molar-refractivity contribution in [2.24, 2.45) is 0 Å². The van der Waals surface area contributed by atoms with Crippen LogP contribution in [0.2, 0.25) is 0 Å². The molecule has 0 radical (unpaired) electrons. The van der Waals surface area contributed by atoms with E-state index in [9.17, 15) is 9.59 Å². The van der Waals surface area contributed by atoms with Gasteiger partial charge in [-0.25, -0.2) is 9.59 Å². The molecule has 0 aliphatic heterocycles. The van der Waals surface area contributed by atoms with E-state index in [1.807, 2.05) is 129 Å². The second-order valence-corrected chi connectivity index (χ2v) is 12.4. The van der Waals surface area contributed by atoms with Crippen LogP contribution < -0.4 is 24.8 Å². The van der Waals surface area contributed by atoms with Crippen molar-refractivity contribution in [1.82, 2.24) is 10.6 Å². The molecule has 7 heteroatoms. The molecule has 54 heavy (non-hydrogen) atoms. The molecule has 0 fully saturated rings. The minimum atomic E-state index is -0.510. The summed E-state index contributed by atoms with van der Waals surface area (Å²) >= 11 is 0. The maximum absolute atomic E-state index is 12.3. The predicted molar refractivity (Wildman–Crippen MR) is 216 cm³/mol. The van der Waals surface area contributed by atoms with Crippen molar-refractivity contribution in [3.63, 3.8) is 0 Å². The molecular formula is C47H42N2O5. The topological polar surface area (TPSA) is 85.9 Å². The summed E-state index contributed by atoms with van der Waals surface area (Å²) in [6.07, 6.45) is -0.962. The van der Waals surface area contributed by atoms with Gasteiger partial charge < -0.3 is 24.8 Å². The van der Waals surface area contributed by atoms with Gasteiger partial charge in [0.25, 0.3) is 0 Å². The zero-order valence-corrected chi connectivity index (χ0v) is 30.3. The molecule has 7 nitrogen and oxygen atoms in total. The largest absolute Gasteiger partial charge is 0.490 e. The number of benzene rings is 7. The molecule has 0 aliphatic rings. The first-order valence-electron chi connectivity index (χ1n) is 17.9. The maximum atomic E-state index is 12.3. The number of nitrogens with one attached hydrogen (secondary N) is 2. The lowest BCUT2D eigenvalue weighted by Crippen LogP contribution is -2.26. The predicted octanol–water partition coefficient (Wildman–Crippen LogP) is 11.1. The third-order valence-corrected chi connectivity index (χ3v) is 8.62. The summed E-state index contributed by atoms with van der Waals surface area (Å²) in [4.78, 5) is 24.4. The first kappa shape index (κ1) is 36.9. The number of hydrogen-bond acceptors (Lipinski definition) is 5. The Bertz CT molecular complexity index is 2270. The third-order valence-electron chi connectivity index (χ3n) is 8.62. The van der Waals surface area contributed by atoms with Crippen LogP contribution in [0.5, 0.6) is 17.2 Å². The Labute approximate surface area is 316 Å². The summed E-state index contributed by atoms with van der Waals surface area (Å²) in [7, 11) is 0. The van der Waals surface area contributed by atoms with Crippen LogP contribution >= 0.6 is 0 Å². The monoisotopic (exact) mass is 714 g/mol. The van der Waals surface area contributed by atoms with Crippen LogP contribution in [-0.4, -0.2) is 18.8 Å². The van der Waals surface area contributed by atoms with E-state index in [0.717, 1.165) is 38.6 Å². The highest BCUT2D eigenvalue weighted by Crippen LogP contribution is 2.30. The molecule has 7 rings (SSSR count). The number of fused-ring (bicyclic) bond motifs is 1. The molecule has 0 bridgehead atoms. The molecule has 270 valence electrons. The lowest BCUT2D eigenvalue weighted by atomic mass is 10.0. The van der Waals surface area contributed by atoms with Crippen LogP contribution in [-0.2, 0) is 13.1 Å². The van der Waals surface area contributed by atoms with Crippen molar-refractivity contribution < 1.29 is 23.8 Å². The number of rotatable bonds is 10. The Morgan fingerprint density at radius 1 is 0.481 bits per heavy atom. The standard InChI is InChI=1S/C25H21NO2.C22H21NO3/c1-18-11-14-22-9-5-6-10-23(22)24(18)28-25(27)26-17-19-12-15-21(16-13-19)20-7-3-2-4-8-20;1-2-25-20-10-6-7-11-21(20)26-22(24)23-16-17-12-14-19(15-13-17)18-8-4-3-5-9-18/h2-16H,17H2,1H3,(H,26,27);3-15H,2,16H2,1H3,(H,23,24). The van der Waals surface area contributed by atoms with Crippen LogP contribution in [0.1, 0.15) is 23.6 Å². The SMILES string of the molecule is CCOc1ccccc1OC(=O)NCc1ccc(-c2ccccc2)cc1.Cc1ccc2ccccc2c1OC(=O)NCc1ccc(-c2ccccc2)cc1. The summed E-state index contributed by atoms with van der Waals surface area (Å²) in [6.45, 7) is 5.14. The lowest BCUT2D eigenvalue weighted by molar-refractivity contribution is 0.196. The molecule has 2 N–H and O–H groups in total. The van der Waals surface area contributed by atoms with E-state index in [2.05, 4.69) is 47.0 Å². The van der Waals surface area contributed by atoms with Gasteiger partial charge in [-0.2, -0.15) is 0 Å². The van der Waals surface area contributed by atoms with Crippen molar-refractivity contribution in [2.45, 2.75) is 26.9 Å². The van der Waals surface area contributed by atoms with Gasteiger partial charge in [-0.15, -0.1) is 0 Å². The number of carbonyl (C=O) groups excluding carboxylic acids is 2. The van der Waals surface area contributed by atoms with Gasteiger partial charge in [0.2, 0.25) is 0 Å². The second kappa shape index (κ2) is 18.6. The molecule has 7 aromatic carbocycles. The minimum Gasteiger partial charge on any atom is -0.490 e. The normalized spacial score (nSPS) is 10.4. The quantitative estimate of drug-likeness (QED) is 0.147. The van der Waals surface area contributed by atoms with Gasteiger partial charge in [-0.05, 0) is 70.3 Å². The smallest absolute Gasteiger partial charge is 0.413 e. The Balaban J connectivity index is 0.000000185. The number of amides is 2. The van der Waals surface area contributed by atoms with Gasteiger partial charge in [-0.3, -0.25) is 0 Å². The zero-order chi connectivity index (χ0) is 37.5. The van der Waals surface area contributed by atoms with Crippen molar-refractivity contribution >= 4 is 23.0 Å². The van der Waals surface area contributed by atoms with Crippen molar-refractivity contribution in [3.05, 3.63) is 187 Å². The number of aryl methyl sites for hydroxylation is 1. The van der Waals surface area contributed by atoms with Crippen molar-refractivity contribution in [3.8, 4) is 39.5 Å². The Kier molecular flexibility index (Phi) is 12.7. The molecule has 0 heterocycles. The van der Waals surface area contributed by atoms with E-state index in [1.54, 1.807) is 18.2 Å². The van der Waals surface area contributed by atoms with Gasteiger partial charge in [0.05, 0.1) is 6.61 Å². The first-order chi connectivity index (χ1) is 26.5. The van der Waals surface area contributed by atoms with E-state index in [0.29, 0.717) is 36.9 Å². The van der Waals surface area contributed by atoms with Gasteiger partial charge in [0.15, 0.2) is 11.5 Å². The van der Waals surface area contributed by atoms with Crippen LogP contribution in [0, 0.1) is 6.92 Å². The number of carbonyl (C=O) groups is 2. The van der Waals surface area contributed by atoms with E-state index in [4.69, 9.17) is 14.2 Å². The second-order valence-electron chi connectivity index (χ2n) is 12.4. The van der Waals surface area contributed by atoms with Crippen molar-refractivity contribution in [2.75, 3.05) is 6.61 Å². The summed E-state index contributed by atoms with van der Waals surface area (Å²) < 4.78 is 16.4. The van der Waals surface area contributed by atoms with E-state index in [-0.39, 0.29) is 0 Å². The van der Waals surface area contributed by atoms with Crippen LogP contribution in [0.15, 0.2) is 170 Å². The van der Waals surface area contributed by atoms with Crippen LogP contribution in [0.25, 0.3) is 33.0 Å². The number of hydrogen-bond donors (Lipinski definition) is 2. The fourth-order valence-corrected chi connectivity index (χ4v) is 5.80. The number of para-hydroxylation sites is 2. The maximum Gasteiger partial charge on any atom is 0.413 e. The summed E-state index contributed by atoms with van der Waals surface area (Å²) in [5.41, 5.74) is 7.58. The van der Waals surface area contributed by atoms with Gasteiger partial charge in [-0.1, -0.05) is 158 Å². The van der Waals surface area contributed by atoms with Crippen LogP contribution in [0.3, 0.4) is 0 Å². The fraction of sp³-hybridized carbons (Fsp3) is 0.106. The van der Waals surface area contributed by atoms with E-state index in [1.165, 1.54) is 11.1 Å². The molecule has 0 aliphatic carbocycles. The third kappa shape index (κ3) is 10.1. The average Bonchev–Trinajstić information content (AvgIpc) is 3.22. The Morgan fingerprint density at radius 3 is 1.50 bits per heavy atom. The summed E-state index contributed by atoms with van der Waals surface area (Å²) in [5, 5.41) is 7.58. The fourth-order valence-electron chi connectivity index (χ4n) is 5.80. The Hall–Kier alpha value is -6.86. The molecule has 0 saturated carbocycles. The van der Waals surface area contributed by atoms with Gasteiger partial charge in [0, 0.05) is 18.5 Å². The number of ether oxygens (including phenoxy) is 3. The molecule has 0 aromatic heterocycles. The molecule has 0 atom stereocenters. The van der Waals surface area contributed by atoms with Gasteiger partial charge >= 0.3 is 12.2 Å². The highest BCUT2D eigenvalue weighted by molar-refractivity contribution is 5.91. The molecule has 7 aromatic rings. The minimum absolute atomic E-state index is 0.394. The molecule has 0 saturated heterocycles. The highest BCUT2D eigenvalue weighted by Gasteiger charge is 2.12. The Morgan fingerprint density at radius 2 is 0.944 bits per heavy atom. The van der Waals surface area contributed by atoms with E-state index < -0.39 is 12.2 Å².